The molecule has 0 spiro atoms. The van der Waals surface area contributed by atoms with Crippen LogP contribution >= 0.6 is 0 Å². The lowest BCUT2D eigenvalue weighted by Crippen LogP contribution is -2.10. The Hall–Kier alpha value is -3.69. The summed E-state index contributed by atoms with van der Waals surface area (Å²) in [5.74, 6) is 0.698. The predicted molar refractivity (Wildman–Crippen MR) is 114 cm³/mol. The van der Waals surface area contributed by atoms with Gasteiger partial charge in [0.05, 0.1) is 5.56 Å². The summed E-state index contributed by atoms with van der Waals surface area (Å²) in [6.07, 6.45) is 1.65. The fourth-order valence-electron chi connectivity index (χ4n) is 3.40. The van der Waals surface area contributed by atoms with Crippen LogP contribution < -0.4 is 5.32 Å². The van der Waals surface area contributed by atoms with Crippen LogP contribution in [0.4, 0.5) is 5.82 Å². The first-order valence-corrected chi connectivity index (χ1v) is 9.44. The van der Waals surface area contributed by atoms with E-state index in [1.165, 1.54) is 5.56 Å². The van der Waals surface area contributed by atoms with E-state index in [-0.39, 0.29) is 0 Å². The van der Waals surface area contributed by atoms with Gasteiger partial charge in [0.25, 0.3) is 0 Å². The molecule has 0 saturated heterocycles. The summed E-state index contributed by atoms with van der Waals surface area (Å²) in [4.78, 5) is 2.13. The summed E-state index contributed by atoms with van der Waals surface area (Å²) in [6.45, 7) is 1.49. The van der Waals surface area contributed by atoms with Gasteiger partial charge >= 0.3 is 0 Å². The Balaban J connectivity index is 1.72. The quantitative estimate of drug-likeness (QED) is 0.547. The summed E-state index contributed by atoms with van der Waals surface area (Å²) in [5, 5.41) is 21.6. The van der Waals surface area contributed by atoms with Crippen LogP contribution in [0, 0.1) is 11.3 Å². The van der Waals surface area contributed by atoms with E-state index < -0.39 is 0 Å². The van der Waals surface area contributed by atoms with E-state index in [4.69, 9.17) is 0 Å². The zero-order valence-corrected chi connectivity index (χ0v) is 16.5. The van der Waals surface area contributed by atoms with E-state index in [0.717, 1.165) is 28.9 Å². The molecule has 4 rings (SSSR count). The third-order valence-corrected chi connectivity index (χ3v) is 4.76. The second-order valence-corrected chi connectivity index (χ2v) is 7.23. The number of hydrogen-bond donors (Lipinski definition) is 1. The highest BCUT2D eigenvalue weighted by molar-refractivity contribution is 5.81. The average Bonchev–Trinajstić information content (AvgIpc) is 3.22. The average molecular weight is 382 g/mol. The SMILES string of the molecule is CN(C)Cc1ccc(-c2cc(C#N)c(NCc3ccccc3)n3cnnc23)cc1. The zero-order chi connectivity index (χ0) is 20.2. The Labute approximate surface area is 170 Å². The van der Waals surface area contributed by atoms with Gasteiger partial charge in [-0.2, -0.15) is 5.26 Å². The Morgan fingerprint density at radius 1 is 1.03 bits per heavy atom. The van der Waals surface area contributed by atoms with Crippen LogP contribution in [0.5, 0.6) is 0 Å². The van der Waals surface area contributed by atoms with Crippen molar-refractivity contribution in [2.24, 2.45) is 0 Å². The lowest BCUT2D eigenvalue weighted by Gasteiger charge is -2.14. The summed E-state index contributed by atoms with van der Waals surface area (Å²) in [6, 6.07) is 22.6. The van der Waals surface area contributed by atoms with Crippen LogP contribution in [0.15, 0.2) is 67.0 Å². The maximum absolute atomic E-state index is 9.78. The topological polar surface area (TPSA) is 69.2 Å². The fourth-order valence-corrected chi connectivity index (χ4v) is 3.40. The third-order valence-electron chi connectivity index (χ3n) is 4.76. The van der Waals surface area contributed by atoms with Crippen molar-refractivity contribution >= 4 is 11.5 Å². The van der Waals surface area contributed by atoms with Gasteiger partial charge < -0.3 is 10.2 Å². The molecule has 2 aromatic carbocycles. The molecule has 29 heavy (non-hydrogen) atoms. The largest absolute Gasteiger partial charge is 0.366 e. The maximum atomic E-state index is 9.78. The van der Waals surface area contributed by atoms with E-state index >= 15 is 0 Å². The molecule has 0 radical (unpaired) electrons. The number of fused-ring (bicyclic) bond motifs is 1. The van der Waals surface area contributed by atoms with Crippen molar-refractivity contribution in [3.05, 3.63) is 83.7 Å². The molecule has 2 aromatic heterocycles. The van der Waals surface area contributed by atoms with Gasteiger partial charge in [0, 0.05) is 18.7 Å². The number of benzene rings is 2. The smallest absolute Gasteiger partial charge is 0.170 e. The molecule has 0 aliphatic rings. The highest BCUT2D eigenvalue weighted by Crippen LogP contribution is 2.29. The normalized spacial score (nSPS) is 11.0. The standard InChI is InChI=1S/C23H22N6/c1-28(2)15-18-8-10-19(11-9-18)21-12-20(13-24)22(29-16-26-27-23(21)29)25-14-17-6-4-3-5-7-17/h3-12,16,25H,14-15H2,1-2H3. The van der Waals surface area contributed by atoms with Gasteiger partial charge in [-0.1, -0.05) is 54.6 Å². The number of pyridine rings is 1. The number of hydrogen-bond acceptors (Lipinski definition) is 5. The highest BCUT2D eigenvalue weighted by Gasteiger charge is 2.15. The molecule has 2 heterocycles. The Kier molecular flexibility index (Phi) is 5.23. The van der Waals surface area contributed by atoms with Gasteiger partial charge in [0.15, 0.2) is 5.65 Å². The second-order valence-electron chi connectivity index (χ2n) is 7.23. The summed E-state index contributed by atoms with van der Waals surface area (Å²) >= 11 is 0. The zero-order valence-electron chi connectivity index (χ0n) is 16.5. The lowest BCUT2D eigenvalue weighted by molar-refractivity contribution is 0.402. The molecule has 4 aromatic rings. The molecule has 6 heteroatoms. The van der Waals surface area contributed by atoms with Crippen molar-refractivity contribution in [1.29, 1.82) is 5.26 Å². The van der Waals surface area contributed by atoms with Crippen molar-refractivity contribution < 1.29 is 0 Å². The molecular weight excluding hydrogens is 360 g/mol. The minimum Gasteiger partial charge on any atom is -0.366 e. The summed E-state index contributed by atoms with van der Waals surface area (Å²) in [5.41, 5.74) is 5.55. The van der Waals surface area contributed by atoms with Gasteiger partial charge in [-0.25, -0.2) is 0 Å². The molecule has 0 aliphatic heterocycles. The van der Waals surface area contributed by atoms with E-state index in [2.05, 4.69) is 50.7 Å². The van der Waals surface area contributed by atoms with Crippen molar-refractivity contribution in [1.82, 2.24) is 19.5 Å². The molecule has 6 nitrogen and oxygen atoms in total. The summed E-state index contributed by atoms with van der Waals surface area (Å²) < 4.78 is 1.85. The van der Waals surface area contributed by atoms with E-state index in [0.29, 0.717) is 17.9 Å². The van der Waals surface area contributed by atoms with Crippen LogP contribution in [-0.2, 0) is 13.1 Å². The van der Waals surface area contributed by atoms with E-state index in [1.54, 1.807) is 6.33 Å². The lowest BCUT2D eigenvalue weighted by atomic mass is 10.0. The molecule has 1 N–H and O–H groups in total. The van der Waals surface area contributed by atoms with Crippen LogP contribution in [0.1, 0.15) is 16.7 Å². The van der Waals surface area contributed by atoms with Crippen molar-refractivity contribution in [3.63, 3.8) is 0 Å². The molecule has 0 unspecified atom stereocenters. The van der Waals surface area contributed by atoms with E-state index in [1.807, 2.05) is 54.9 Å². The molecule has 144 valence electrons. The molecule has 0 atom stereocenters. The minimum atomic E-state index is 0.556. The van der Waals surface area contributed by atoms with Crippen molar-refractivity contribution in [2.75, 3.05) is 19.4 Å². The van der Waals surface area contributed by atoms with Crippen molar-refractivity contribution in [2.45, 2.75) is 13.1 Å². The first kappa shape index (κ1) is 18.7. The van der Waals surface area contributed by atoms with Gasteiger partial charge in [0.1, 0.15) is 18.2 Å². The van der Waals surface area contributed by atoms with Gasteiger partial charge in [0.2, 0.25) is 0 Å². The molecule has 0 bridgehead atoms. The number of aromatic nitrogens is 3. The minimum absolute atomic E-state index is 0.556. The van der Waals surface area contributed by atoms with Crippen molar-refractivity contribution in [3.8, 4) is 17.2 Å². The number of rotatable bonds is 6. The molecule has 0 fully saturated rings. The maximum Gasteiger partial charge on any atom is 0.170 e. The molecular formula is C23H22N6. The van der Waals surface area contributed by atoms with Crippen LogP contribution in [0.25, 0.3) is 16.8 Å². The van der Waals surface area contributed by atoms with Crippen LogP contribution in [0.2, 0.25) is 0 Å². The van der Waals surface area contributed by atoms with Gasteiger partial charge in [-0.15, -0.1) is 10.2 Å². The van der Waals surface area contributed by atoms with Crippen LogP contribution in [-0.4, -0.2) is 33.6 Å². The fraction of sp³-hybridized carbons (Fsp3) is 0.174. The molecule has 0 saturated carbocycles. The van der Waals surface area contributed by atoms with Gasteiger partial charge in [-0.3, -0.25) is 4.40 Å². The second kappa shape index (κ2) is 8.13. The summed E-state index contributed by atoms with van der Waals surface area (Å²) in [7, 11) is 4.10. The van der Waals surface area contributed by atoms with Crippen LogP contribution in [0.3, 0.4) is 0 Å². The Morgan fingerprint density at radius 2 is 1.79 bits per heavy atom. The highest BCUT2D eigenvalue weighted by atomic mass is 15.3. The molecule has 0 amide bonds. The van der Waals surface area contributed by atoms with Gasteiger partial charge in [-0.05, 0) is 36.9 Å². The number of nitrogens with zero attached hydrogens (tertiary/aromatic N) is 5. The Bertz CT molecular complexity index is 1150. The third kappa shape index (κ3) is 3.96. The first-order valence-electron chi connectivity index (χ1n) is 9.44. The number of anilines is 1. The predicted octanol–water partition coefficient (Wildman–Crippen LogP) is 3.94. The van der Waals surface area contributed by atoms with E-state index in [9.17, 15) is 5.26 Å². The Morgan fingerprint density at radius 3 is 2.48 bits per heavy atom. The first-order chi connectivity index (χ1) is 14.2. The number of nitriles is 1. The monoisotopic (exact) mass is 382 g/mol. The number of nitrogens with one attached hydrogen (secondary N) is 1. The molecule has 0 aliphatic carbocycles.